The van der Waals surface area contributed by atoms with Gasteiger partial charge >= 0.3 is 12.1 Å². The van der Waals surface area contributed by atoms with Crippen LogP contribution in [0.4, 0.5) is 24.5 Å². The van der Waals surface area contributed by atoms with E-state index in [0.29, 0.717) is 10.6 Å². The molecule has 0 aliphatic rings. The van der Waals surface area contributed by atoms with Crippen LogP contribution in [-0.4, -0.2) is 28.6 Å². The molecule has 0 aliphatic carbocycles. The number of amides is 2. The quantitative estimate of drug-likeness (QED) is 0.399. The fourth-order valence-corrected chi connectivity index (χ4v) is 3.60. The summed E-state index contributed by atoms with van der Waals surface area (Å²) in [5, 5.41) is 14.3. The number of anilines is 2. The van der Waals surface area contributed by atoms with E-state index in [2.05, 4.69) is 10.6 Å². The first kappa shape index (κ1) is 23.9. The van der Waals surface area contributed by atoms with Crippen LogP contribution in [0.25, 0.3) is 0 Å². The Hall–Kier alpha value is -3.79. The summed E-state index contributed by atoms with van der Waals surface area (Å²) in [4.78, 5) is 36.6. The van der Waals surface area contributed by atoms with E-state index in [0.717, 1.165) is 23.9 Å². The van der Waals surface area contributed by atoms with Crippen LogP contribution in [0.15, 0.2) is 77.7 Å². The molecule has 0 atom stereocenters. The first-order valence-corrected chi connectivity index (χ1v) is 10.5. The average molecular weight is 474 g/mol. The van der Waals surface area contributed by atoms with Crippen LogP contribution in [0, 0.1) is 0 Å². The molecule has 0 heterocycles. The van der Waals surface area contributed by atoms with Gasteiger partial charge in [0, 0.05) is 16.3 Å². The molecule has 0 spiro atoms. The predicted molar refractivity (Wildman–Crippen MR) is 119 cm³/mol. The van der Waals surface area contributed by atoms with Gasteiger partial charge in [-0.15, -0.1) is 11.8 Å². The van der Waals surface area contributed by atoms with Gasteiger partial charge in [0.2, 0.25) is 5.91 Å². The number of thioether (sulfide) groups is 1. The van der Waals surface area contributed by atoms with Gasteiger partial charge < -0.3 is 15.7 Å². The van der Waals surface area contributed by atoms with Gasteiger partial charge in [0.1, 0.15) is 0 Å². The van der Waals surface area contributed by atoms with E-state index in [-0.39, 0.29) is 22.6 Å². The van der Waals surface area contributed by atoms with Gasteiger partial charge in [-0.2, -0.15) is 13.2 Å². The van der Waals surface area contributed by atoms with Crippen molar-refractivity contribution in [2.45, 2.75) is 11.1 Å². The fourth-order valence-electron chi connectivity index (χ4n) is 2.85. The van der Waals surface area contributed by atoms with E-state index in [1.807, 2.05) is 0 Å². The molecule has 170 valence electrons. The molecule has 10 heteroatoms. The Kier molecular flexibility index (Phi) is 7.39. The van der Waals surface area contributed by atoms with Crippen LogP contribution in [0.3, 0.4) is 0 Å². The second-order valence-electron chi connectivity index (χ2n) is 6.75. The van der Waals surface area contributed by atoms with Gasteiger partial charge in [-0.1, -0.05) is 24.3 Å². The standard InChI is InChI=1S/C23H17F3N2O4S/c24-23(25,26)14-5-3-6-15(11-14)27-20(29)13-33-17-8-4-7-16(12-17)28-21(30)18-9-1-2-10-19(18)22(31)32/h1-12H,13H2,(H,27,29)(H,28,30)(H,31,32). The Morgan fingerprint density at radius 2 is 1.45 bits per heavy atom. The molecule has 0 unspecified atom stereocenters. The smallest absolute Gasteiger partial charge is 0.416 e. The first-order chi connectivity index (χ1) is 15.6. The largest absolute Gasteiger partial charge is 0.478 e. The Morgan fingerprint density at radius 3 is 2.12 bits per heavy atom. The molecule has 3 N–H and O–H groups in total. The Morgan fingerprint density at radius 1 is 0.818 bits per heavy atom. The number of halogens is 3. The van der Waals surface area contributed by atoms with Crippen LogP contribution in [0.2, 0.25) is 0 Å². The number of carbonyl (C=O) groups excluding carboxylic acids is 2. The van der Waals surface area contributed by atoms with Crippen LogP contribution in [-0.2, 0) is 11.0 Å². The highest BCUT2D eigenvalue weighted by Gasteiger charge is 2.30. The zero-order valence-corrected chi connectivity index (χ0v) is 17.7. The molecule has 0 aliphatic heterocycles. The topological polar surface area (TPSA) is 95.5 Å². The Labute approximate surface area is 190 Å². The highest BCUT2D eigenvalue weighted by molar-refractivity contribution is 8.00. The van der Waals surface area contributed by atoms with E-state index in [4.69, 9.17) is 0 Å². The molecule has 0 saturated carbocycles. The summed E-state index contributed by atoms with van der Waals surface area (Å²) in [6.07, 6.45) is -4.51. The molecule has 0 radical (unpaired) electrons. The summed E-state index contributed by atoms with van der Waals surface area (Å²) >= 11 is 1.12. The third-order valence-corrected chi connectivity index (χ3v) is 5.33. The first-order valence-electron chi connectivity index (χ1n) is 9.47. The number of alkyl halides is 3. The maximum Gasteiger partial charge on any atom is 0.416 e. The van der Waals surface area contributed by atoms with E-state index < -0.39 is 29.5 Å². The summed E-state index contributed by atoms with van der Waals surface area (Å²) in [6.45, 7) is 0. The summed E-state index contributed by atoms with van der Waals surface area (Å²) in [5.41, 5.74) is -0.562. The summed E-state index contributed by atoms with van der Waals surface area (Å²) < 4.78 is 38.4. The average Bonchev–Trinajstić information content (AvgIpc) is 2.77. The molecule has 2 amide bonds. The maximum atomic E-state index is 12.8. The number of hydrogen-bond acceptors (Lipinski definition) is 4. The fraction of sp³-hybridized carbons (Fsp3) is 0.0870. The van der Waals surface area contributed by atoms with Crippen molar-refractivity contribution < 1.29 is 32.7 Å². The van der Waals surface area contributed by atoms with Crippen molar-refractivity contribution in [2.75, 3.05) is 16.4 Å². The lowest BCUT2D eigenvalue weighted by Gasteiger charge is -2.10. The molecule has 33 heavy (non-hydrogen) atoms. The van der Waals surface area contributed by atoms with Crippen LogP contribution < -0.4 is 10.6 Å². The molecule has 0 aromatic heterocycles. The van der Waals surface area contributed by atoms with Crippen molar-refractivity contribution in [3.63, 3.8) is 0 Å². The van der Waals surface area contributed by atoms with E-state index >= 15 is 0 Å². The van der Waals surface area contributed by atoms with Crippen LogP contribution in [0.5, 0.6) is 0 Å². The molecular weight excluding hydrogens is 457 g/mol. The van der Waals surface area contributed by atoms with Crippen molar-refractivity contribution in [3.8, 4) is 0 Å². The van der Waals surface area contributed by atoms with Gasteiger partial charge in [-0.3, -0.25) is 9.59 Å². The Bertz CT molecular complexity index is 1200. The Balaban J connectivity index is 1.61. The van der Waals surface area contributed by atoms with Gasteiger partial charge in [0.05, 0.1) is 22.4 Å². The molecule has 0 bridgehead atoms. The number of nitrogens with one attached hydrogen (secondary N) is 2. The normalized spacial score (nSPS) is 11.0. The number of hydrogen-bond donors (Lipinski definition) is 3. The molecular formula is C23H17F3N2O4S. The molecule has 6 nitrogen and oxygen atoms in total. The van der Waals surface area contributed by atoms with Gasteiger partial charge in [0.25, 0.3) is 5.91 Å². The summed E-state index contributed by atoms with van der Waals surface area (Å²) in [7, 11) is 0. The van der Waals surface area contributed by atoms with Crippen molar-refractivity contribution in [1.29, 1.82) is 0 Å². The van der Waals surface area contributed by atoms with Crippen molar-refractivity contribution in [1.82, 2.24) is 0 Å². The number of benzene rings is 3. The van der Waals surface area contributed by atoms with Gasteiger partial charge in [-0.05, 0) is 48.5 Å². The second kappa shape index (κ2) is 10.2. The third kappa shape index (κ3) is 6.59. The van der Waals surface area contributed by atoms with Crippen LogP contribution >= 0.6 is 11.8 Å². The highest BCUT2D eigenvalue weighted by atomic mass is 32.2. The van der Waals surface area contributed by atoms with Gasteiger partial charge in [-0.25, -0.2) is 4.79 Å². The van der Waals surface area contributed by atoms with Crippen LogP contribution in [0.1, 0.15) is 26.3 Å². The zero-order chi connectivity index (χ0) is 24.0. The zero-order valence-electron chi connectivity index (χ0n) is 16.8. The third-order valence-electron chi connectivity index (χ3n) is 4.34. The molecule has 0 saturated heterocycles. The predicted octanol–water partition coefficient (Wildman–Crippen LogP) is 5.39. The number of aromatic carboxylic acids is 1. The van der Waals surface area contributed by atoms with Crippen molar-refractivity contribution >= 4 is 40.9 Å². The number of rotatable bonds is 7. The highest BCUT2D eigenvalue weighted by Crippen LogP contribution is 2.31. The molecule has 3 aromatic carbocycles. The summed E-state index contributed by atoms with van der Waals surface area (Å²) in [6, 6.07) is 16.7. The van der Waals surface area contributed by atoms with E-state index in [9.17, 15) is 32.7 Å². The van der Waals surface area contributed by atoms with E-state index in [1.165, 1.54) is 30.3 Å². The minimum Gasteiger partial charge on any atom is -0.478 e. The van der Waals surface area contributed by atoms with Crippen molar-refractivity contribution in [3.05, 3.63) is 89.5 Å². The summed E-state index contributed by atoms with van der Waals surface area (Å²) in [5.74, 6) is -2.39. The maximum absolute atomic E-state index is 12.8. The lowest BCUT2D eigenvalue weighted by atomic mass is 10.1. The lowest BCUT2D eigenvalue weighted by molar-refractivity contribution is -0.137. The van der Waals surface area contributed by atoms with Crippen molar-refractivity contribution in [2.24, 2.45) is 0 Å². The number of carboxylic acid groups (broad SMARTS) is 1. The SMILES string of the molecule is O=C(CSc1cccc(NC(=O)c2ccccc2C(=O)O)c1)Nc1cccc(C(F)(F)F)c1. The lowest BCUT2D eigenvalue weighted by Crippen LogP contribution is -2.16. The number of carbonyl (C=O) groups is 3. The van der Waals surface area contributed by atoms with Gasteiger partial charge in [0.15, 0.2) is 0 Å². The minimum absolute atomic E-state index is 0.00326. The molecule has 3 aromatic rings. The molecule has 3 rings (SSSR count). The minimum atomic E-state index is -4.51. The number of carboxylic acids is 1. The second-order valence-corrected chi connectivity index (χ2v) is 7.80. The van der Waals surface area contributed by atoms with E-state index in [1.54, 1.807) is 30.3 Å². The monoisotopic (exact) mass is 474 g/mol. The molecule has 0 fully saturated rings.